The van der Waals surface area contributed by atoms with Crippen LogP contribution < -0.4 is 4.90 Å². The summed E-state index contributed by atoms with van der Waals surface area (Å²) in [4.78, 5) is 2.32. The molecule has 10 rings (SSSR count). The van der Waals surface area contributed by atoms with Gasteiger partial charge in [-0.15, -0.1) is 0 Å². The highest BCUT2D eigenvalue weighted by Gasteiger charge is 2.18. The van der Waals surface area contributed by atoms with E-state index in [1.165, 1.54) is 49.5 Å². The highest BCUT2D eigenvalue weighted by molar-refractivity contribution is 6.25. The molecule has 1 aromatic heterocycles. The second-order valence-electron chi connectivity index (χ2n) is 13.0. The molecule has 3 heteroatoms. The van der Waals surface area contributed by atoms with Crippen molar-refractivity contribution < 1.29 is 8.81 Å². The van der Waals surface area contributed by atoms with E-state index in [9.17, 15) is 4.39 Å². The fourth-order valence-corrected chi connectivity index (χ4v) is 7.72. The molecule has 0 N–H and O–H groups in total. The molecule has 0 unspecified atom stereocenters. The van der Waals surface area contributed by atoms with Crippen LogP contribution in [0.15, 0.2) is 186 Å². The van der Waals surface area contributed by atoms with Gasteiger partial charge in [-0.05, 0) is 91.5 Å². The molecular weight excluding hydrogens is 626 g/mol. The highest BCUT2D eigenvalue weighted by Crippen LogP contribution is 2.42. The summed E-state index contributed by atoms with van der Waals surface area (Å²) in [6, 6.07) is 63.1. The van der Waals surface area contributed by atoms with Crippen molar-refractivity contribution in [3.8, 4) is 22.3 Å². The van der Waals surface area contributed by atoms with Crippen LogP contribution >= 0.6 is 0 Å². The summed E-state index contributed by atoms with van der Waals surface area (Å²) in [5.41, 5.74) is 8.41. The second-order valence-corrected chi connectivity index (χ2v) is 13.0. The van der Waals surface area contributed by atoms with Crippen LogP contribution in [0.3, 0.4) is 0 Å². The topological polar surface area (TPSA) is 16.4 Å². The Morgan fingerprint density at radius 2 is 0.804 bits per heavy atom. The Kier molecular flexibility index (Phi) is 6.71. The van der Waals surface area contributed by atoms with Crippen molar-refractivity contribution in [1.82, 2.24) is 0 Å². The lowest BCUT2D eigenvalue weighted by Gasteiger charge is -2.26. The molecule has 10 aromatic rings. The maximum atomic E-state index is 14.7. The van der Waals surface area contributed by atoms with Crippen molar-refractivity contribution in [3.63, 3.8) is 0 Å². The van der Waals surface area contributed by atoms with Crippen molar-refractivity contribution in [2.75, 3.05) is 4.90 Å². The molecule has 0 fully saturated rings. The van der Waals surface area contributed by atoms with E-state index in [0.29, 0.717) is 11.2 Å². The van der Waals surface area contributed by atoms with Gasteiger partial charge in [-0.25, -0.2) is 4.39 Å². The van der Waals surface area contributed by atoms with E-state index < -0.39 is 0 Å². The molecule has 0 spiro atoms. The maximum Gasteiger partial charge on any atom is 0.171 e. The molecule has 0 aliphatic rings. The fraction of sp³-hybridized carbons (Fsp3) is 0. The SMILES string of the molecule is Fc1cccc2c1oc1c(-c3ccc(N(c4ccc(-c5ccccc5)cc4)c4ccc5c6ccccc6c6ccccc6c5c4)cc3)cccc12. The summed E-state index contributed by atoms with van der Waals surface area (Å²) < 4.78 is 20.9. The lowest BCUT2D eigenvalue weighted by Crippen LogP contribution is -2.10. The van der Waals surface area contributed by atoms with E-state index in [-0.39, 0.29) is 5.82 Å². The number of nitrogens with zero attached hydrogens (tertiary/aromatic N) is 1. The molecule has 0 radical (unpaired) electrons. The summed E-state index contributed by atoms with van der Waals surface area (Å²) in [6.45, 7) is 0. The molecule has 1 heterocycles. The molecule has 240 valence electrons. The summed E-state index contributed by atoms with van der Waals surface area (Å²) in [6.07, 6.45) is 0. The van der Waals surface area contributed by atoms with E-state index in [1.54, 1.807) is 6.07 Å². The van der Waals surface area contributed by atoms with Crippen molar-refractivity contribution in [1.29, 1.82) is 0 Å². The van der Waals surface area contributed by atoms with Crippen LogP contribution in [0.1, 0.15) is 0 Å². The predicted molar refractivity (Wildman–Crippen MR) is 212 cm³/mol. The zero-order chi connectivity index (χ0) is 33.9. The first-order valence-corrected chi connectivity index (χ1v) is 17.2. The molecule has 0 amide bonds. The van der Waals surface area contributed by atoms with Crippen molar-refractivity contribution in [2.24, 2.45) is 0 Å². The maximum absolute atomic E-state index is 14.7. The lowest BCUT2D eigenvalue weighted by molar-refractivity contribution is 0.584. The van der Waals surface area contributed by atoms with Gasteiger partial charge in [0, 0.05) is 33.4 Å². The van der Waals surface area contributed by atoms with Gasteiger partial charge in [0.2, 0.25) is 0 Å². The zero-order valence-electron chi connectivity index (χ0n) is 27.6. The van der Waals surface area contributed by atoms with Crippen LogP contribution in [0.2, 0.25) is 0 Å². The van der Waals surface area contributed by atoms with Gasteiger partial charge in [-0.1, -0.05) is 140 Å². The van der Waals surface area contributed by atoms with Crippen LogP contribution in [0, 0.1) is 5.82 Å². The number of benzene rings is 9. The Morgan fingerprint density at radius 1 is 0.333 bits per heavy atom. The standard InChI is InChI=1S/C48H30FNO/c49-46-19-9-18-44-43-17-8-16-37(47(43)51-48(44)46)33-22-26-35(27-23-33)50(34-24-20-32(21-25-34)31-10-2-1-3-11-31)36-28-29-42-40-14-5-4-12-38(40)39-13-6-7-15-41(39)45(42)30-36/h1-30H. The molecule has 2 nitrogen and oxygen atoms in total. The smallest absolute Gasteiger partial charge is 0.171 e. The van der Waals surface area contributed by atoms with Gasteiger partial charge in [0.05, 0.1) is 0 Å². The lowest BCUT2D eigenvalue weighted by atomic mass is 9.94. The van der Waals surface area contributed by atoms with E-state index in [2.05, 4.69) is 144 Å². The van der Waals surface area contributed by atoms with Gasteiger partial charge in [-0.2, -0.15) is 0 Å². The molecule has 0 aliphatic heterocycles. The minimum Gasteiger partial charge on any atom is -0.452 e. The van der Waals surface area contributed by atoms with Gasteiger partial charge < -0.3 is 9.32 Å². The first-order chi connectivity index (χ1) is 25.2. The number of anilines is 3. The van der Waals surface area contributed by atoms with Crippen molar-refractivity contribution in [2.45, 2.75) is 0 Å². The third-order valence-electron chi connectivity index (χ3n) is 10.1. The molecule has 0 bridgehead atoms. The van der Waals surface area contributed by atoms with Gasteiger partial charge in [0.25, 0.3) is 0 Å². The first-order valence-electron chi connectivity index (χ1n) is 17.2. The van der Waals surface area contributed by atoms with Crippen LogP contribution in [0.5, 0.6) is 0 Å². The Hall–Kier alpha value is -6.71. The zero-order valence-corrected chi connectivity index (χ0v) is 27.6. The Balaban J connectivity index is 1.14. The van der Waals surface area contributed by atoms with Crippen LogP contribution in [-0.2, 0) is 0 Å². The van der Waals surface area contributed by atoms with Gasteiger partial charge in [0.15, 0.2) is 11.4 Å². The summed E-state index contributed by atoms with van der Waals surface area (Å²) in [5.74, 6) is -0.352. The normalized spacial score (nSPS) is 11.6. The number of halogens is 1. The predicted octanol–water partition coefficient (Wildman–Crippen LogP) is 14.0. The second kappa shape index (κ2) is 11.7. The third-order valence-corrected chi connectivity index (χ3v) is 10.1. The van der Waals surface area contributed by atoms with E-state index in [0.717, 1.165) is 39.0 Å². The third kappa shape index (κ3) is 4.78. The van der Waals surface area contributed by atoms with Crippen LogP contribution in [0.25, 0.3) is 76.5 Å². The monoisotopic (exact) mass is 655 g/mol. The molecule has 0 atom stereocenters. The van der Waals surface area contributed by atoms with Crippen LogP contribution in [0.4, 0.5) is 21.5 Å². The van der Waals surface area contributed by atoms with Gasteiger partial charge >= 0.3 is 0 Å². The Bertz CT molecular complexity index is 2870. The number of hydrogen-bond acceptors (Lipinski definition) is 2. The van der Waals surface area contributed by atoms with Gasteiger partial charge in [0.1, 0.15) is 5.58 Å². The largest absolute Gasteiger partial charge is 0.452 e. The number of furan rings is 1. The summed E-state index contributed by atoms with van der Waals surface area (Å²) in [7, 11) is 0. The molecule has 9 aromatic carbocycles. The summed E-state index contributed by atoms with van der Waals surface area (Å²) >= 11 is 0. The van der Waals surface area contributed by atoms with Crippen molar-refractivity contribution in [3.05, 3.63) is 188 Å². The molecule has 51 heavy (non-hydrogen) atoms. The Labute approximate surface area is 294 Å². The number of hydrogen-bond donors (Lipinski definition) is 0. The molecular formula is C48H30FNO. The minimum absolute atomic E-state index is 0.290. The molecule has 0 aliphatic carbocycles. The van der Waals surface area contributed by atoms with E-state index in [1.807, 2.05) is 30.3 Å². The van der Waals surface area contributed by atoms with Crippen molar-refractivity contribution >= 4 is 71.3 Å². The molecule has 0 saturated carbocycles. The Morgan fingerprint density at radius 3 is 1.45 bits per heavy atom. The molecule has 0 saturated heterocycles. The highest BCUT2D eigenvalue weighted by atomic mass is 19.1. The van der Waals surface area contributed by atoms with Crippen LogP contribution in [-0.4, -0.2) is 0 Å². The van der Waals surface area contributed by atoms with E-state index in [4.69, 9.17) is 4.42 Å². The average molecular weight is 656 g/mol. The van der Waals surface area contributed by atoms with Gasteiger partial charge in [-0.3, -0.25) is 0 Å². The fourth-order valence-electron chi connectivity index (χ4n) is 7.72. The number of rotatable bonds is 5. The summed E-state index contributed by atoms with van der Waals surface area (Å²) in [5, 5.41) is 9.14. The first kappa shape index (κ1) is 29.2. The number of para-hydroxylation sites is 2. The van der Waals surface area contributed by atoms with E-state index >= 15 is 0 Å². The minimum atomic E-state index is -0.352. The number of fused-ring (bicyclic) bond motifs is 9. The quantitative estimate of drug-likeness (QED) is 0.172. The average Bonchev–Trinajstić information content (AvgIpc) is 3.59.